The molecule has 2 aromatic heterocycles. The Morgan fingerprint density at radius 3 is 2.39 bits per heavy atom. The van der Waals surface area contributed by atoms with Gasteiger partial charge in [0.25, 0.3) is 0 Å². The summed E-state index contributed by atoms with van der Waals surface area (Å²) in [6.45, 7) is 8.01. The molecule has 2 aliphatic rings. The van der Waals surface area contributed by atoms with Crippen molar-refractivity contribution in [3.05, 3.63) is 72.1 Å². The summed E-state index contributed by atoms with van der Waals surface area (Å²) in [4.78, 5) is 19.9. The quantitative estimate of drug-likeness (QED) is 0.365. The number of hydrogen-bond donors (Lipinski definition) is 0. The average Bonchev–Trinajstić information content (AvgIpc) is 3.24. The first-order valence-corrected chi connectivity index (χ1v) is 12.6. The van der Waals surface area contributed by atoms with Crippen molar-refractivity contribution in [2.24, 2.45) is 5.41 Å². The molecule has 2 aromatic carbocycles. The predicted octanol–water partition coefficient (Wildman–Crippen LogP) is 5.19. The minimum atomic E-state index is -0.432. The highest BCUT2D eigenvalue weighted by Gasteiger charge is 2.41. The Bertz CT molecular complexity index is 1400. The van der Waals surface area contributed by atoms with Gasteiger partial charge in [0.05, 0.1) is 36.6 Å². The molecule has 2 aliphatic heterocycles. The molecule has 6 rings (SSSR count). The summed E-state index contributed by atoms with van der Waals surface area (Å²) in [5.41, 5.74) is 6.27. The first kappa shape index (κ1) is 22.7. The van der Waals surface area contributed by atoms with Crippen LogP contribution in [0.15, 0.2) is 60.7 Å². The molecule has 2 saturated heterocycles. The van der Waals surface area contributed by atoms with E-state index < -0.39 is 5.97 Å². The molecule has 7 nitrogen and oxygen atoms in total. The Labute approximate surface area is 210 Å². The largest absolute Gasteiger partial charge is 0.461 e. The molecule has 7 heteroatoms. The Balaban J connectivity index is 1.40. The molecule has 0 bridgehead atoms. The summed E-state index contributed by atoms with van der Waals surface area (Å²) in [7, 11) is 0. The van der Waals surface area contributed by atoms with Gasteiger partial charge in [0.15, 0.2) is 11.3 Å². The van der Waals surface area contributed by atoms with E-state index in [1.165, 1.54) is 18.5 Å². The number of esters is 1. The summed E-state index contributed by atoms with van der Waals surface area (Å²) in [5, 5.41) is 5.73. The molecule has 4 aromatic rings. The van der Waals surface area contributed by atoms with Gasteiger partial charge in [0.1, 0.15) is 0 Å². The van der Waals surface area contributed by atoms with Crippen molar-refractivity contribution in [1.29, 1.82) is 0 Å². The summed E-state index contributed by atoms with van der Waals surface area (Å²) in [6, 6.07) is 20.3. The van der Waals surface area contributed by atoms with E-state index in [0.717, 1.165) is 54.2 Å². The second kappa shape index (κ2) is 9.06. The fraction of sp³-hybridized carbons (Fsp3) is 0.345. The molecule has 0 saturated carbocycles. The first-order chi connectivity index (χ1) is 17.6. The zero-order valence-corrected chi connectivity index (χ0v) is 20.7. The number of anilines is 1. The van der Waals surface area contributed by atoms with Gasteiger partial charge in [0.2, 0.25) is 0 Å². The third kappa shape index (κ3) is 3.93. The number of nitrogens with zero attached hydrogens (tertiary/aromatic N) is 4. The average molecular weight is 483 g/mol. The van der Waals surface area contributed by atoms with Crippen molar-refractivity contribution in [3.8, 4) is 16.8 Å². The van der Waals surface area contributed by atoms with Gasteiger partial charge in [-0.2, -0.15) is 5.10 Å². The van der Waals surface area contributed by atoms with Gasteiger partial charge in [-0.3, -0.25) is 0 Å². The van der Waals surface area contributed by atoms with Gasteiger partial charge in [-0.1, -0.05) is 30.3 Å². The van der Waals surface area contributed by atoms with Gasteiger partial charge in [-0.15, -0.1) is 0 Å². The number of para-hydroxylation sites is 1. The monoisotopic (exact) mass is 482 g/mol. The van der Waals surface area contributed by atoms with E-state index in [1.807, 2.05) is 43.3 Å². The Morgan fingerprint density at radius 2 is 1.75 bits per heavy atom. The number of carbonyl (C=O) groups excluding carboxylic acids is 1. The molecule has 36 heavy (non-hydrogen) atoms. The lowest BCUT2D eigenvalue weighted by molar-refractivity contribution is -0.124. The van der Waals surface area contributed by atoms with Crippen LogP contribution in [0.1, 0.15) is 35.9 Å². The number of aryl methyl sites for hydroxylation is 1. The maximum absolute atomic E-state index is 12.7. The van der Waals surface area contributed by atoms with E-state index >= 15 is 0 Å². The van der Waals surface area contributed by atoms with Gasteiger partial charge in [-0.05, 0) is 68.1 Å². The number of hydrogen-bond acceptors (Lipinski definition) is 6. The molecule has 4 heterocycles. The Hall–Kier alpha value is -3.71. The molecule has 0 amide bonds. The van der Waals surface area contributed by atoms with Crippen LogP contribution in [-0.4, -0.2) is 53.6 Å². The van der Waals surface area contributed by atoms with E-state index in [0.29, 0.717) is 17.7 Å². The summed E-state index contributed by atoms with van der Waals surface area (Å²) in [6.07, 6.45) is 2.36. The van der Waals surface area contributed by atoms with Crippen molar-refractivity contribution < 1.29 is 14.3 Å². The molecular formula is C29H30N4O3. The summed E-state index contributed by atoms with van der Waals surface area (Å²) < 4.78 is 12.6. The third-order valence-electron chi connectivity index (χ3n) is 7.48. The number of ether oxygens (including phenoxy) is 2. The molecule has 0 radical (unpaired) electrons. The fourth-order valence-electron chi connectivity index (χ4n) is 5.35. The summed E-state index contributed by atoms with van der Waals surface area (Å²) in [5.74, 6) is -0.432. The minimum Gasteiger partial charge on any atom is -0.461 e. The summed E-state index contributed by atoms with van der Waals surface area (Å²) >= 11 is 0. The molecule has 184 valence electrons. The normalized spacial score (nSPS) is 16.8. The van der Waals surface area contributed by atoms with Gasteiger partial charge in [0, 0.05) is 24.2 Å². The second-order valence-corrected chi connectivity index (χ2v) is 9.83. The lowest BCUT2D eigenvalue weighted by Crippen LogP contribution is -2.50. The third-order valence-corrected chi connectivity index (χ3v) is 7.48. The van der Waals surface area contributed by atoms with Crippen LogP contribution in [0.3, 0.4) is 0 Å². The number of fused-ring (bicyclic) bond motifs is 1. The minimum absolute atomic E-state index is 0.282. The number of aromatic nitrogens is 3. The highest BCUT2D eigenvalue weighted by molar-refractivity contribution is 6.00. The number of carbonyl (C=O) groups is 1. The van der Waals surface area contributed by atoms with Gasteiger partial charge in [-0.25, -0.2) is 14.5 Å². The van der Waals surface area contributed by atoms with Crippen molar-refractivity contribution in [1.82, 2.24) is 14.8 Å². The second-order valence-electron chi connectivity index (χ2n) is 9.83. The van der Waals surface area contributed by atoms with E-state index in [-0.39, 0.29) is 5.69 Å². The molecule has 0 atom stereocenters. The van der Waals surface area contributed by atoms with Crippen molar-refractivity contribution in [2.75, 3.05) is 37.8 Å². The van der Waals surface area contributed by atoms with Crippen LogP contribution in [0.2, 0.25) is 0 Å². The van der Waals surface area contributed by atoms with Crippen LogP contribution in [-0.2, 0) is 9.47 Å². The molecule has 1 spiro atoms. The maximum Gasteiger partial charge on any atom is 0.357 e. The standard InChI is InChI=1S/C29H30N4O3/c1-3-36-28(34)25-17-24(26-20(2)31-33(27(26)30-25)23-7-5-4-6-8-23)21-9-11-22(12-10-21)32-15-13-29(14-16-32)18-35-19-29/h4-12,17H,3,13-16,18-19H2,1-2H3. The van der Waals surface area contributed by atoms with E-state index in [4.69, 9.17) is 19.6 Å². The van der Waals surface area contributed by atoms with E-state index in [9.17, 15) is 4.79 Å². The highest BCUT2D eigenvalue weighted by Crippen LogP contribution is 2.40. The van der Waals surface area contributed by atoms with Crippen LogP contribution in [0.4, 0.5) is 5.69 Å². The van der Waals surface area contributed by atoms with Crippen molar-refractivity contribution >= 4 is 22.7 Å². The van der Waals surface area contributed by atoms with Gasteiger partial charge < -0.3 is 14.4 Å². The van der Waals surface area contributed by atoms with E-state index in [1.54, 1.807) is 11.6 Å². The molecule has 2 fully saturated rings. The number of rotatable bonds is 5. The SMILES string of the molecule is CCOC(=O)c1cc(-c2ccc(N3CCC4(CC3)COC4)cc2)c2c(C)nn(-c3ccccc3)c2n1. The maximum atomic E-state index is 12.7. The first-order valence-electron chi connectivity index (χ1n) is 12.6. The number of piperidine rings is 1. The molecular weight excluding hydrogens is 452 g/mol. The van der Waals surface area contributed by atoms with Gasteiger partial charge >= 0.3 is 5.97 Å². The van der Waals surface area contributed by atoms with Crippen molar-refractivity contribution in [3.63, 3.8) is 0 Å². The Morgan fingerprint density at radius 1 is 1.03 bits per heavy atom. The fourth-order valence-corrected chi connectivity index (χ4v) is 5.35. The zero-order valence-electron chi connectivity index (χ0n) is 20.7. The van der Waals surface area contributed by atoms with Crippen LogP contribution >= 0.6 is 0 Å². The van der Waals surface area contributed by atoms with E-state index in [2.05, 4.69) is 29.2 Å². The topological polar surface area (TPSA) is 69.5 Å². The van der Waals surface area contributed by atoms with Crippen LogP contribution in [0.5, 0.6) is 0 Å². The molecule has 0 unspecified atom stereocenters. The Kier molecular flexibility index (Phi) is 5.72. The molecule has 0 N–H and O–H groups in total. The lowest BCUT2D eigenvalue weighted by Gasteiger charge is -2.47. The van der Waals surface area contributed by atoms with Crippen LogP contribution in [0.25, 0.3) is 27.8 Å². The number of pyridine rings is 1. The molecule has 0 aliphatic carbocycles. The predicted molar refractivity (Wildman–Crippen MR) is 140 cm³/mol. The van der Waals surface area contributed by atoms with Crippen LogP contribution in [0, 0.1) is 12.3 Å². The van der Waals surface area contributed by atoms with Crippen molar-refractivity contribution in [2.45, 2.75) is 26.7 Å². The number of benzene rings is 2. The highest BCUT2D eigenvalue weighted by atomic mass is 16.5. The smallest absolute Gasteiger partial charge is 0.357 e. The zero-order chi connectivity index (χ0) is 24.7. The lowest BCUT2D eigenvalue weighted by atomic mass is 9.77. The van der Waals surface area contributed by atoms with Crippen LogP contribution < -0.4 is 4.90 Å².